The molecule has 1 N–H and O–H groups in total. The van der Waals surface area contributed by atoms with Gasteiger partial charge in [-0.2, -0.15) is 0 Å². The van der Waals surface area contributed by atoms with Gasteiger partial charge in [0.15, 0.2) is 0 Å². The minimum Gasteiger partial charge on any atom is -0.311 e. The van der Waals surface area contributed by atoms with Gasteiger partial charge in [-0.05, 0) is 63.5 Å². The summed E-state index contributed by atoms with van der Waals surface area (Å²) in [5, 5.41) is 3.96. The largest absolute Gasteiger partial charge is 0.311 e. The van der Waals surface area contributed by atoms with Crippen molar-refractivity contribution in [2.45, 2.75) is 65.0 Å². The molecular weight excluding hydrogens is 220 g/mol. The normalized spacial score (nSPS) is 39.2. The predicted octanol–water partition coefficient (Wildman–Crippen LogP) is 3.13. The maximum absolute atomic E-state index is 3.96. The van der Waals surface area contributed by atoms with E-state index in [9.17, 15) is 0 Å². The number of nitrogens with one attached hydrogen (secondary N) is 1. The Hall–Kier alpha value is -0.0800. The van der Waals surface area contributed by atoms with Crippen LogP contribution in [0.1, 0.15) is 52.9 Å². The van der Waals surface area contributed by atoms with E-state index in [1.165, 1.54) is 45.2 Å². The van der Waals surface area contributed by atoms with E-state index in [2.05, 4.69) is 38.0 Å². The first-order chi connectivity index (χ1) is 8.56. The molecule has 18 heavy (non-hydrogen) atoms. The second kappa shape index (κ2) is 6.38. The lowest BCUT2D eigenvalue weighted by Crippen LogP contribution is -2.51. The molecule has 2 aliphatic rings. The molecule has 2 heteroatoms. The van der Waals surface area contributed by atoms with Crippen molar-refractivity contribution >= 4 is 0 Å². The molecule has 1 aliphatic carbocycles. The zero-order valence-electron chi connectivity index (χ0n) is 12.8. The second-order valence-electron chi connectivity index (χ2n) is 7.16. The Balaban J connectivity index is 1.74. The SMILES string of the molecule is CC(C)C1CCC(NC2CCN(C)CC2C)CC1. The van der Waals surface area contributed by atoms with Crippen LogP contribution in [0.25, 0.3) is 0 Å². The van der Waals surface area contributed by atoms with E-state index in [4.69, 9.17) is 0 Å². The van der Waals surface area contributed by atoms with Crippen LogP contribution in [0, 0.1) is 17.8 Å². The number of nitrogens with zero attached hydrogens (tertiary/aromatic N) is 1. The second-order valence-corrected chi connectivity index (χ2v) is 7.16. The smallest absolute Gasteiger partial charge is 0.0120 e. The molecule has 0 spiro atoms. The molecule has 106 valence electrons. The lowest BCUT2D eigenvalue weighted by molar-refractivity contribution is 0.148. The van der Waals surface area contributed by atoms with Gasteiger partial charge in [-0.3, -0.25) is 0 Å². The molecule has 0 bridgehead atoms. The van der Waals surface area contributed by atoms with E-state index < -0.39 is 0 Å². The molecule has 1 aliphatic heterocycles. The molecule has 1 heterocycles. The summed E-state index contributed by atoms with van der Waals surface area (Å²) in [5.74, 6) is 2.68. The fourth-order valence-electron chi connectivity index (χ4n) is 3.86. The molecule has 2 atom stereocenters. The molecule has 2 unspecified atom stereocenters. The molecule has 2 rings (SSSR count). The molecule has 2 fully saturated rings. The average molecular weight is 252 g/mol. The van der Waals surface area contributed by atoms with Crippen molar-refractivity contribution < 1.29 is 0 Å². The van der Waals surface area contributed by atoms with E-state index in [0.717, 1.165) is 29.8 Å². The van der Waals surface area contributed by atoms with Crippen LogP contribution in [0.2, 0.25) is 0 Å². The summed E-state index contributed by atoms with van der Waals surface area (Å²) in [6, 6.07) is 1.57. The average Bonchev–Trinajstić information content (AvgIpc) is 2.33. The Morgan fingerprint density at radius 3 is 2.28 bits per heavy atom. The Kier molecular flexibility index (Phi) is 5.08. The van der Waals surface area contributed by atoms with Crippen molar-refractivity contribution in [1.82, 2.24) is 10.2 Å². The van der Waals surface area contributed by atoms with Crippen molar-refractivity contribution in [3.05, 3.63) is 0 Å². The highest BCUT2D eigenvalue weighted by Gasteiger charge is 2.29. The highest BCUT2D eigenvalue weighted by molar-refractivity contribution is 4.86. The van der Waals surface area contributed by atoms with Crippen LogP contribution in [-0.2, 0) is 0 Å². The topological polar surface area (TPSA) is 15.3 Å². The molecule has 0 aromatic rings. The minimum atomic E-state index is 0.766. The number of hydrogen-bond acceptors (Lipinski definition) is 2. The van der Waals surface area contributed by atoms with Crippen LogP contribution in [0.4, 0.5) is 0 Å². The Morgan fingerprint density at radius 1 is 1.06 bits per heavy atom. The lowest BCUT2D eigenvalue weighted by Gasteiger charge is -2.39. The number of hydrogen-bond donors (Lipinski definition) is 1. The van der Waals surface area contributed by atoms with Crippen LogP contribution in [-0.4, -0.2) is 37.1 Å². The number of piperidine rings is 1. The first kappa shape index (κ1) is 14.3. The molecular formula is C16H32N2. The van der Waals surface area contributed by atoms with Crippen LogP contribution in [0.3, 0.4) is 0 Å². The molecule has 1 saturated heterocycles. The predicted molar refractivity (Wildman–Crippen MR) is 78.8 cm³/mol. The van der Waals surface area contributed by atoms with Crippen LogP contribution < -0.4 is 5.32 Å². The van der Waals surface area contributed by atoms with Gasteiger partial charge in [0.25, 0.3) is 0 Å². The summed E-state index contributed by atoms with van der Waals surface area (Å²) in [6.07, 6.45) is 7.03. The highest BCUT2D eigenvalue weighted by atomic mass is 15.1. The van der Waals surface area contributed by atoms with Gasteiger partial charge in [-0.15, -0.1) is 0 Å². The molecule has 0 amide bonds. The number of rotatable bonds is 3. The van der Waals surface area contributed by atoms with Gasteiger partial charge in [-0.1, -0.05) is 20.8 Å². The van der Waals surface area contributed by atoms with Crippen molar-refractivity contribution in [3.63, 3.8) is 0 Å². The maximum atomic E-state index is 3.96. The monoisotopic (exact) mass is 252 g/mol. The summed E-state index contributed by atoms with van der Waals surface area (Å²) in [4.78, 5) is 2.47. The number of likely N-dealkylation sites (tertiary alicyclic amines) is 1. The van der Waals surface area contributed by atoms with Gasteiger partial charge >= 0.3 is 0 Å². The van der Waals surface area contributed by atoms with E-state index in [1.54, 1.807) is 0 Å². The third-order valence-electron chi connectivity index (χ3n) is 5.27. The van der Waals surface area contributed by atoms with Crippen molar-refractivity contribution in [2.24, 2.45) is 17.8 Å². The minimum absolute atomic E-state index is 0.766. The third kappa shape index (κ3) is 3.71. The van der Waals surface area contributed by atoms with Crippen LogP contribution in [0.15, 0.2) is 0 Å². The van der Waals surface area contributed by atoms with Crippen LogP contribution in [0.5, 0.6) is 0 Å². The summed E-state index contributed by atoms with van der Waals surface area (Å²) >= 11 is 0. The van der Waals surface area contributed by atoms with E-state index in [-0.39, 0.29) is 0 Å². The Bertz CT molecular complexity index is 243. The molecule has 1 saturated carbocycles. The standard InChI is InChI=1S/C16H32N2/c1-12(2)14-5-7-15(8-6-14)17-16-9-10-18(4)11-13(16)3/h12-17H,5-11H2,1-4H3. The van der Waals surface area contributed by atoms with Gasteiger partial charge in [0, 0.05) is 18.6 Å². The molecule has 0 aromatic carbocycles. The van der Waals surface area contributed by atoms with Gasteiger partial charge < -0.3 is 10.2 Å². The lowest BCUT2D eigenvalue weighted by atomic mass is 9.79. The quantitative estimate of drug-likeness (QED) is 0.830. The first-order valence-electron chi connectivity index (χ1n) is 8.01. The van der Waals surface area contributed by atoms with Crippen molar-refractivity contribution in [1.29, 1.82) is 0 Å². The molecule has 0 aromatic heterocycles. The van der Waals surface area contributed by atoms with Gasteiger partial charge in [0.05, 0.1) is 0 Å². The summed E-state index contributed by atoms with van der Waals surface area (Å²) in [6.45, 7) is 9.71. The van der Waals surface area contributed by atoms with E-state index in [1.807, 2.05) is 0 Å². The van der Waals surface area contributed by atoms with Gasteiger partial charge in [0.1, 0.15) is 0 Å². The fraction of sp³-hybridized carbons (Fsp3) is 1.00. The Labute approximate surface area is 114 Å². The van der Waals surface area contributed by atoms with E-state index in [0.29, 0.717) is 0 Å². The maximum Gasteiger partial charge on any atom is 0.0120 e. The zero-order chi connectivity index (χ0) is 13.1. The Morgan fingerprint density at radius 2 is 1.72 bits per heavy atom. The zero-order valence-corrected chi connectivity index (χ0v) is 12.8. The summed E-state index contributed by atoms with van der Waals surface area (Å²) in [5.41, 5.74) is 0. The summed E-state index contributed by atoms with van der Waals surface area (Å²) < 4.78 is 0. The molecule has 0 radical (unpaired) electrons. The fourth-order valence-corrected chi connectivity index (χ4v) is 3.86. The first-order valence-corrected chi connectivity index (χ1v) is 8.01. The highest BCUT2D eigenvalue weighted by Crippen LogP contribution is 2.30. The van der Waals surface area contributed by atoms with Gasteiger partial charge in [-0.25, -0.2) is 0 Å². The van der Waals surface area contributed by atoms with Crippen molar-refractivity contribution in [2.75, 3.05) is 20.1 Å². The molecule has 2 nitrogen and oxygen atoms in total. The van der Waals surface area contributed by atoms with E-state index >= 15 is 0 Å². The van der Waals surface area contributed by atoms with Crippen LogP contribution >= 0.6 is 0 Å². The summed E-state index contributed by atoms with van der Waals surface area (Å²) in [7, 11) is 2.25. The van der Waals surface area contributed by atoms with Gasteiger partial charge in [0.2, 0.25) is 0 Å². The third-order valence-corrected chi connectivity index (χ3v) is 5.27. The van der Waals surface area contributed by atoms with Crippen molar-refractivity contribution in [3.8, 4) is 0 Å².